The molecular weight excluding hydrogens is 345 g/mol. The number of carbonyl (C=O) groups excluding carboxylic acids is 1. The summed E-state index contributed by atoms with van der Waals surface area (Å²) in [5, 5.41) is 4.00. The maximum atomic E-state index is 13.1. The highest BCUT2D eigenvalue weighted by atomic mass is 19.1. The number of rotatable bonds is 4. The zero-order valence-corrected chi connectivity index (χ0v) is 15.1. The van der Waals surface area contributed by atoms with Crippen LogP contribution in [0, 0.1) is 12.7 Å². The molecule has 138 valence electrons. The van der Waals surface area contributed by atoms with Crippen molar-refractivity contribution < 1.29 is 13.7 Å². The highest BCUT2D eigenvalue weighted by Crippen LogP contribution is 2.32. The van der Waals surface area contributed by atoms with Crippen LogP contribution in [0.4, 0.5) is 4.39 Å². The van der Waals surface area contributed by atoms with E-state index in [1.54, 1.807) is 12.1 Å². The summed E-state index contributed by atoms with van der Waals surface area (Å²) in [6.45, 7) is 2.70. The maximum absolute atomic E-state index is 13.1. The molecule has 0 N–H and O–H groups in total. The van der Waals surface area contributed by atoms with E-state index in [2.05, 4.69) is 10.1 Å². The van der Waals surface area contributed by atoms with Crippen molar-refractivity contribution >= 4 is 5.91 Å². The molecule has 1 atom stereocenters. The SMILES string of the molecule is Cc1cccc(CC(=O)N2CCC[C@@H]2c2nc(-c3ccc(F)cc3)no2)c1. The standard InChI is InChI=1S/C21H20FN3O2/c1-14-4-2-5-15(12-14)13-19(26)25-11-3-6-18(25)21-23-20(24-27-21)16-7-9-17(22)10-8-16/h2,4-5,7-10,12,18H,3,6,11,13H2,1H3/t18-/m1/s1. The third-order valence-corrected chi connectivity index (χ3v) is 4.84. The zero-order valence-electron chi connectivity index (χ0n) is 15.1. The molecule has 1 amide bonds. The molecule has 2 heterocycles. The van der Waals surface area contributed by atoms with E-state index in [4.69, 9.17) is 4.52 Å². The van der Waals surface area contributed by atoms with Gasteiger partial charge < -0.3 is 9.42 Å². The van der Waals surface area contributed by atoms with Gasteiger partial charge in [-0.15, -0.1) is 0 Å². The molecule has 5 nitrogen and oxygen atoms in total. The topological polar surface area (TPSA) is 59.2 Å². The Labute approximate surface area is 156 Å². The Morgan fingerprint density at radius 2 is 2.07 bits per heavy atom. The van der Waals surface area contributed by atoms with E-state index in [0.717, 1.165) is 24.0 Å². The third kappa shape index (κ3) is 3.74. The minimum absolute atomic E-state index is 0.0598. The maximum Gasteiger partial charge on any atom is 0.249 e. The molecule has 1 aromatic heterocycles. The summed E-state index contributed by atoms with van der Waals surface area (Å²) in [6, 6.07) is 13.7. The number of hydrogen-bond donors (Lipinski definition) is 0. The molecule has 0 spiro atoms. The van der Waals surface area contributed by atoms with Gasteiger partial charge in [-0.3, -0.25) is 4.79 Å². The van der Waals surface area contributed by atoms with Crippen molar-refractivity contribution in [3.8, 4) is 11.4 Å². The lowest BCUT2D eigenvalue weighted by Gasteiger charge is -2.22. The molecule has 27 heavy (non-hydrogen) atoms. The summed E-state index contributed by atoms with van der Waals surface area (Å²) in [4.78, 5) is 19.1. The van der Waals surface area contributed by atoms with Gasteiger partial charge in [-0.25, -0.2) is 4.39 Å². The molecule has 2 aromatic carbocycles. The van der Waals surface area contributed by atoms with Crippen molar-refractivity contribution in [1.29, 1.82) is 0 Å². The molecule has 1 aliphatic heterocycles. The predicted molar refractivity (Wildman–Crippen MR) is 98.3 cm³/mol. The Morgan fingerprint density at radius 1 is 1.26 bits per heavy atom. The number of aryl methyl sites for hydroxylation is 1. The van der Waals surface area contributed by atoms with E-state index in [1.165, 1.54) is 12.1 Å². The average Bonchev–Trinajstić information content (AvgIpc) is 3.31. The van der Waals surface area contributed by atoms with Gasteiger partial charge >= 0.3 is 0 Å². The number of hydrogen-bond acceptors (Lipinski definition) is 4. The molecule has 1 aliphatic rings. The van der Waals surface area contributed by atoms with E-state index in [0.29, 0.717) is 30.2 Å². The second-order valence-electron chi connectivity index (χ2n) is 6.87. The number of carbonyl (C=O) groups is 1. The van der Waals surface area contributed by atoms with Gasteiger partial charge in [0.2, 0.25) is 17.6 Å². The van der Waals surface area contributed by atoms with Gasteiger partial charge in [0.25, 0.3) is 0 Å². The lowest BCUT2D eigenvalue weighted by Crippen LogP contribution is -2.32. The van der Waals surface area contributed by atoms with Crippen LogP contribution in [-0.4, -0.2) is 27.5 Å². The molecule has 4 rings (SSSR count). The molecule has 6 heteroatoms. The van der Waals surface area contributed by atoms with E-state index in [9.17, 15) is 9.18 Å². The minimum atomic E-state index is -0.314. The second kappa shape index (κ2) is 7.31. The van der Waals surface area contributed by atoms with Crippen LogP contribution in [-0.2, 0) is 11.2 Å². The van der Waals surface area contributed by atoms with Gasteiger partial charge in [-0.1, -0.05) is 35.0 Å². The van der Waals surface area contributed by atoms with E-state index in [1.807, 2.05) is 36.1 Å². The Bertz CT molecular complexity index is 952. The largest absolute Gasteiger partial charge is 0.337 e. The quantitative estimate of drug-likeness (QED) is 0.699. The van der Waals surface area contributed by atoms with Crippen molar-refractivity contribution in [2.45, 2.75) is 32.2 Å². The van der Waals surface area contributed by atoms with E-state index >= 15 is 0 Å². The summed E-state index contributed by atoms with van der Waals surface area (Å²) in [5.74, 6) is 0.586. The van der Waals surface area contributed by atoms with Crippen LogP contribution in [0.2, 0.25) is 0 Å². The van der Waals surface area contributed by atoms with Crippen LogP contribution >= 0.6 is 0 Å². The molecule has 0 saturated carbocycles. The highest BCUT2D eigenvalue weighted by Gasteiger charge is 2.34. The first-order chi connectivity index (χ1) is 13.1. The fourth-order valence-corrected chi connectivity index (χ4v) is 3.51. The van der Waals surface area contributed by atoms with Crippen LogP contribution < -0.4 is 0 Å². The average molecular weight is 365 g/mol. The Kier molecular flexibility index (Phi) is 4.71. The van der Waals surface area contributed by atoms with E-state index in [-0.39, 0.29) is 17.8 Å². The van der Waals surface area contributed by atoms with Gasteiger partial charge in [0.1, 0.15) is 11.9 Å². The Morgan fingerprint density at radius 3 is 2.85 bits per heavy atom. The zero-order chi connectivity index (χ0) is 18.8. The normalized spacial score (nSPS) is 16.7. The molecule has 0 radical (unpaired) electrons. The monoisotopic (exact) mass is 365 g/mol. The molecule has 1 fully saturated rings. The fraction of sp³-hybridized carbons (Fsp3) is 0.286. The Hall–Kier alpha value is -3.02. The van der Waals surface area contributed by atoms with E-state index < -0.39 is 0 Å². The number of halogens is 1. The number of likely N-dealkylation sites (tertiary alicyclic amines) is 1. The number of amides is 1. The lowest BCUT2D eigenvalue weighted by molar-refractivity contribution is -0.131. The fourth-order valence-electron chi connectivity index (χ4n) is 3.51. The lowest BCUT2D eigenvalue weighted by atomic mass is 10.1. The van der Waals surface area contributed by atoms with Gasteiger partial charge in [0, 0.05) is 12.1 Å². The molecular formula is C21H20FN3O2. The second-order valence-corrected chi connectivity index (χ2v) is 6.87. The van der Waals surface area contributed by atoms with Crippen molar-refractivity contribution in [2.75, 3.05) is 6.54 Å². The summed E-state index contributed by atoms with van der Waals surface area (Å²) >= 11 is 0. The van der Waals surface area contributed by atoms with Gasteiger partial charge in [0.15, 0.2) is 0 Å². The highest BCUT2D eigenvalue weighted by molar-refractivity contribution is 5.79. The van der Waals surface area contributed by atoms with Crippen LogP contribution in [0.3, 0.4) is 0 Å². The summed E-state index contributed by atoms with van der Waals surface area (Å²) in [5.41, 5.74) is 2.82. The summed E-state index contributed by atoms with van der Waals surface area (Å²) in [6.07, 6.45) is 2.06. The summed E-state index contributed by atoms with van der Waals surface area (Å²) in [7, 11) is 0. The van der Waals surface area contributed by atoms with Crippen LogP contribution in [0.5, 0.6) is 0 Å². The van der Waals surface area contributed by atoms with Crippen molar-refractivity contribution in [3.05, 3.63) is 71.4 Å². The van der Waals surface area contributed by atoms with Crippen molar-refractivity contribution in [2.24, 2.45) is 0 Å². The van der Waals surface area contributed by atoms with Crippen molar-refractivity contribution in [1.82, 2.24) is 15.0 Å². The number of aromatic nitrogens is 2. The van der Waals surface area contributed by atoms with Crippen LogP contribution in [0.25, 0.3) is 11.4 Å². The first kappa shape index (κ1) is 17.4. The van der Waals surface area contributed by atoms with Gasteiger partial charge in [-0.05, 0) is 49.6 Å². The van der Waals surface area contributed by atoms with Crippen LogP contribution in [0.1, 0.15) is 35.9 Å². The smallest absolute Gasteiger partial charge is 0.249 e. The van der Waals surface area contributed by atoms with Gasteiger partial charge in [0.05, 0.1) is 6.42 Å². The first-order valence-electron chi connectivity index (χ1n) is 9.05. The molecule has 0 aliphatic carbocycles. The number of nitrogens with zero attached hydrogens (tertiary/aromatic N) is 3. The molecule has 1 saturated heterocycles. The minimum Gasteiger partial charge on any atom is -0.337 e. The molecule has 0 bridgehead atoms. The molecule has 0 unspecified atom stereocenters. The van der Waals surface area contributed by atoms with Gasteiger partial charge in [-0.2, -0.15) is 4.98 Å². The molecule has 3 aromatic rings. The van der Waals surface area contributed by atoms with Crippen LogP contribution in [0.15, 0.2) is 53.1 Å². The summed E-state index contributed by atoms with van der Waals surface area (Å²) < 4.78 is 18.5. The van der Waals surface area contributed by atoms with Crippen molar-refractivity contribution in [3.63, 3.8) is 0 Å². The third-order valence-electron chi connectivity index (χ3n) is 4.84. The Balaban J connectivity index is 1.51. The first-order valence-corrected chi connectivity index (χ1v) is 9.05. The predicted octanol–water partition coefficient (Wildman–Crippen LogP) is 4.09. The number of benzene rings is 2.